The third-order valence-corrected chi connectivity index (χ3v) is 7.25. The van der Waals surface area contributed by atoms with Crippen LogP contribution in [0, 0.1) is 0 Å². The Hall–Kier alpha value is -3.28. The highest BCUT2D eigenvalue weighted by molar-refractivity contribution is 6.07. The molecule has 5 rings (SSSR count). The predicted octanol–water partition coefficient (Wildman–Crippen LogP) is 4.21. The molecule has 0 fully saturated rings. The van der Waals surface area contributed by atoms with Crippen LogP contribution in [0.2, 0.25) is 0 Å². The second-order valence-electron chi connectivity index (χ2n) is 9.60. The zero-order valence-electron chi connectivity index (χ0n) is 18.8. The molecule has 0 aliphatic carbocycles. The van der Waals surface area contributed by atoms with Gasteiger partial charge in [-0.25, -0.2) is 4.79 Å². The van der Waals surface area contributed by atoms with Gasteiger partial charge in [-0.05, 0) is 74.4 Å². The number of fused-ring (bicyclic) bond motifs is 1. The highest BCUT2D eigenvalue weighted by Crippen LogP contribution is 2.49. The Morgan fingerprint density at radius 1 is 1.06 bits per heavy atom. The van der Waals surface area contributed by atoms with Gasteiger partial charge in [0.05, 0.1) is 17.0 Å². The summed E-state index contributed by atoms with van der Waals surface area (Å²) in [6.45, 7) is 6.23. The van der Waals surface area contributed by atoms with E-state index in [1.165, 1.54) is 35.7 Å². The number of carboxylic acid groups (broad SMARTS) is 1. The summed E-state index contributed by atoms with van der Waals surface area (Å²) < 4.78 is 1.92. The fourth-order valence-corrected chi connectivity index (χ4v) is 5.83. The first-order chi connectivity index (χ1) is 15.2. The van der Waals surface area contributed by atoms with E-state index < -0.39 is 22.7 Å². The van der Waals surface area contributed by atoms with Crippen molar-refractivity contribution in [3.05, 3.63) is 52.1 Å². The van der Waals surface area contributed by atoms with Crippen LogP contribution in [0.3, 0.4) is 0 Å². The lowest BCUT2D eigenvalue weighted by atomic mass is 9.79. The van der Waals surface area contributed by atoms with Gasteiger partial charge >= 0.3 is 5.97 Å². The second-order valence-corrected chi connectivity index (χ2v) is 9.60. The smallest absolute Gasteiger partial charge is 0.343 e. The van der Waals surface area contributed by atoms with Gasteiger partial charge in [-0.1, -0.05) is 0 Å². The van der Waals surface area contributed by atoms with Crippen molar-refractivity contribution in [3.8, 4) is 11.5 Å². The normalized spacial score (nSPS) is 18.8. The van der Waals surface area contributed by atoms with Crippen LogP contribution in [0.4, 0.5) is 11.4 Å². The fourth-order valence-electron chi connectivity index (χ4n) is 5.83. The van der Waals surface area contributed by atoms with Crippen LogP contribution in [-0.4, -0.2) is 51.7 Å². The number of carbonyl (C=O) groups is 1. The molecule has 0 bridgehead atoms. The average Bonchev–Trinajstić information content (AvgIpc) is 2.91. The number of aromatic carboxylic acids is 1. The first-order valence-corrected chi connectivity index (χ1v) is 11.2. The van der Waals surface area contributed by atoms with E-state index in [-0.39, 0.29) is 5.75 Å². The molecule has 0 unspecified atom stereocenters. The first-order valence-electron chi connectivity index (χ1n) is 11.2. The Bertz CT molecular complexity index is 1190. The maximum Gasteiger partial charge on any atom is 0.343 e. The lowest BCUT2D eigenvalue weighted by Gasteiger charge is -2.37. The van der Waals surface area contributed by atoms with Gasteiger partial charge in [-0.2, -0.15) is 4.58 Å². The van der Waals surface area contributed by atoms with Crippen LogP contribution in [0.1, 0.15) is 59.3 Å². The van der Waals surface area contributed by atoms with Crippen molar-refractivity contribution < 1.29 is 24.7 Å². The number of hydrogen-bond donors (Lipinski definition) is 3. The molecule has 6 heteroatoms. The van der Waals surface area contributed by atoms with Gasteiger partial charge < -0.3 is 20.2 Å². The van der Waals surface area contributed by atoms with Crippen molar-refractivity contribution >= 4 is 29.1 Å². The van der Waals surface area contributed by atoms with E-state index in [0.717, 1.165) is 37.2 Å². The zero-order chi connectivity index (χ0) is 22.8. The van der Waals surface area contributed by atoms with E-state index in [9.17, 15) is 20.1 Å². The van der Waals surface area contributed by atoms with E-state index in [2.05, 4.69) is 29.2 Å². The third-order valence-electron chi connectivity index (χ3n) is 7.25. The van der Waals surface area contributed by atoms with Gasteiger partial charge in [0, 0.05) is 24.9 Å². The molecular weight excluding hydrogens is 404 g/mol. The summed E-state index contributed by atoms with van der Waals surface area (Å²) in [5, 5.41) is 30.4. The number of carboxylic acids is 1. The molecule has 3 N–H and O–H groups in total. The first kappa shape index (κ1) is 20.6. The quantitative estimate of drug-likeness (QED) is 0.632. The Labute approximate surface area is 187 Å². The van der Waals surface area contributed by atoms with E-state index in [4.69, 9.17) is 0 Å². The number of nitrogens with zero attached hydrogens (tertiary/aromatic N) is 2. The van der Waals surface area contributed by atoms with Gasteiger partial charge in [0.15, 0.2) is 5.71 Å². The van der Waals surface area contributed by atoms with Crippen LogP contribution >= 0.6 is 0 Å². The molecule has 0 radical (unpaired) electrons. The van der Waals surface area contributed by atoms with E-state index in [1.54, 1.807) is 0 Å². The van der Waals surface area contributed by atoms with Gasteiger partial charge in [-0.3, -0.25) is 0 Å². The van der Waals surface area contributed by atoms with E-state index in [1.807, 2.05) is 25.5 Å². The summed E-state index contributed by atoms with van der Waals surface area (Å²) in [5.41, 5.74) is 6.45. The Kier molecular flexibility index (Phi) is 4.59. The summed E-state index contributed by atoms with van der Waals surface area (Å²) in [6.07, 6.45) is 8.76. The molecule has 0 aromatic heterocycles. The molecule has 0 saturated heterocycles. The summed E-state index contributed by atoms with van der Waals surface area (Å²) >= 11 is 0. The molecule has 0 saturated carbocycles. The molecule has 3 aliphatic heterocycles. The minimum Gasteiger partial charge on any atom is -0.507 e. The molecule has 32 heavy (non-hydrogen) atoms. The molecule has 2 aromatic rings. The highest BCUT2D eigenvalue weighted by atomic mass is 16.4. The maximum atomic E-state index is 11.6. The van der Waals surface area contributed by atoms with Crippen LogP contribution in [-0.2, 0) is 18.3 Å². The number of anilines is 1. The lowest BCUT2D eigenvalue weighted by molar-refractivity contribution is -0.401. The Balaban J connectivity index is 1.56. The van der Waals surface area contributed by atoms with Crippen LogP contribution in [0.5, 0.6) is 11.5 Å². The second kappa shape index (κ2) is 7.12. The monoisotopic (exact) mass is 433 g/mol. The van der Waals surface area contributed by atoms with E-state index >= 15 is 0 Å². The topological polar surface area (TPSA) is 84.0 Å². The zero-order valence-corrected chi connectivity index (χ0v) is 18.8. The molecule has 3 heterocycles. The largest absolute Gasteiger partial charge is 0.507 e. The third kappa shape index (κ3) is 2.93. The Morgan fingerprint density at radius 3 is 2.28 bits per heavy atom. The molecule has 0 amide bonds. The van der Waals surface area contributed by atoms with Crippen molar-refractivity contribution in [1.82, 2.24) is 0 Å². The number of allylic oxidation sites excluding steroid dienone is 1. The summed E-state index contributed by atoms with van der Waals surface area (Å²) in [7, 11) is 1.88. The van der Waals surface area contributed by atoms with Gasteiger partial charge in [0.1, 0.15) is 24.1 Å². The predicted molar refractivity (Wildman–Crippen MR) is 125 cm³/mol. The summed E-state index contributed by atoms with van der Waals surface area (Å²) in [6, 6.07) is 6.00. The minimum atomic E-state index is -1.35. The number of aromatic hydroxyl groups is 2. The SMILES string of the molecule is C[N+]1=C(/C=C/c2cc3c4c(c2)CCCN4CCC3)C(C)(C)c2c1cc(O)c(C(=O)O)c2O. The fraction of sp³-hybridized carbons (Fsp3) is 0.385. The van der Waals surface area contributed by atoms with E-state index in [0.29, 0.717) is 11.3 Å². The van der Waals surface area contributed by atoms with Gasteiger partial charge in [0.2, 0.25) is 5.69 Å². The number of hydrogen-bond acceptors (Lipinski definition) is 4. The lowest BCUT2D eigenvalue weighted by Crippen LogP contribution is -2.34. The number of rotatable bonds is 3. The van der Waals surface area contributed by atoms with Gasteiger partial charge in [0.25, 0.3) is 0 Å². The van der Waals surface area contributed by atoms with Crippen molar-refractivity contribution in [2.75, 3.05) is 25.0 Å². The molecule has 0 atom stereocenters. The van der Waals surface area contributed by atoms with Crippen molar-refractivity contribution in [3.63, 3.8) is 0 Å². The van der Waals surface area contributed by atoms with Crippen molar-refractivity contribution in [2.24, 2.45) is 0 Å². The van der Waals surface area contributed by atoms with Crippen molar-refractivity contribution in [1.29, 1.82) is 0 Å². The van der Waals surface area contributed by atoms with Gasteiger partial charge in [-0.15, -0.1) is 0 Å². The molecule has 166 valence electrons. The number of benzene rings is 2. The Morgan fingerprint density at radius 2 is 1.69 bits per heavy atom. The van der Waals surface area contributed by atoms with Crippen LogP contribution in [0.25, 0.3) is 6.08 Å². The van der Waals surface area contributed by atoms with Crippen LogP contribution in [0.15, 0.2) is 24.3 Å². The number of aryl methyl sites for hydroxylation is 2. The molecular formula is C26H29N2O4+. The molecule has 0 spiro atoms. The number of phenols is 2. The maximum absolute atomic E-state index is 11.6. The average molecular weight is 434 g/mol. The summed E-state index contributed by atoms with van der Waals surface area (Å²) in [5.74, 6) is -2.15. The molecule has 6 nitrogen and oxygen atoms in total. The van der Waals surface area contributed by atoms with Crippen LogP contribution < -0.4 is 4.90 Å². The molecule has 2 aromatic carbocycles. The summed E-state index contributed by atoms with van der Waals surface area (Å²) in [4.78, 5) is 14.1. The highest BCUT2D eigenvalue weighted by Gasteiger charge is 2.47. The standard InChI is InChI=1S/C26H28N2O4/c1-26(2)20(27(3)18-14-19(29)21(25(31)32)24(30)22(18)26)9-8-15-12-16-6-4-10-28-11-5-7-17(13-15)23(16)28/h8-9,12-14H,4-7,10-11H2,1-3H3,(H2-,29,30,31,32)/p+1. The molecule has 3 aliphatic rings. The minimum absolute atomic E-state index is 0.369. The van der Waals surface area contributed by atoms with Crippen molar-refractivity contribution in [2.45, 2.75) is 44.9 Å².